The first-order chi connectivity index (χ1) is 7.90. The molecule has 0 aliphatic carbocycles. The van der Waals surface area contributed by atoms with Crippen LogP contribution in [-0.4, -0.2) is 37.9 Å². The molecule has 0 aromatic carbocycles. The smallest absolute Gasteiger partial charge is 0.315 e. The van der Waals surface area contributed by atoms with Crippen molar-refractivity contribution in [3.05, 3.63) is 0 Å². The number of ether oxygens (including phenoxy) is 3. The highest BCUT2D eigenvalue weighted by molar-refractivity contribution is 5.87. The highest BCUT2D eigenvalue weighted by Crippen LogP contribution is 2.58. The molecule has 17 heavy (non-hydrogen) atoms. The second-order valence-corrected chi connectivity index (χ2v) is 5.19. The van der Waals surface area contributed by atoms with Crippen LogP contribution in [0.4, 0.5) is 0 Å². The number of fused-ring (bicyclic) bond motifs is 2. The van der Waals surface area contributed by atoms with Crippen LogP contribution >= 0.6 is 0 Å². The highest BCUT2D eigenvalue weighted by Gasteiger charge is 2.70. The summed E-state index contributed by atoms with van der Waals surface area (Å²) in [5.74, 6) is -1.39. The third-order valence-corrected chi connectivity index (χ3v) is 4.26. The summed E-state index contributed by atoms with van der Waals surface area (Å²) in [4.78, 5) is 23.9. The van der Waals surface area contributed by atoms with E-state index in [4.69, 9.17) is 14.2 Å². The Kier molecular flexibility index (Phi) is 2.69. The number of esters is 2. The Bertz CT molecular complexity index is 366. The Balaban J connectivity index is 2.44. The molecule has 5 nitrogen and oxygen atoms in total. The molecule has 0 aromatic rings. The number of hydrogen-bond acceptors (Lipinski definition) is 5. The summed E-state index contributed by atoms with van der Waals surface area (Å²) < 4.78 is 15.5. The van der Waals surface area contributed by atoms with E-state index in [0.29, 0.717) is 0 Å². The largest absolute Gasteiger partial charge is 0.469 e. The predicted octanol–water partition coefficient (Wildman–Crippen LogP) is 0.906. The predicted molar refractivity (Wildman–Crippen MR) is 58.1 cm³/mol. The first kappa shape index (κ1) is 12.4. The third kappa shape index (κ3) is 1.41. The van der Waals surface area contributed by atoms with Gasteiger partial charge in [0.05, 0.1) is 25.9 Å². The Morgan fingerprint density at radius 3 is 2.41 bits per heavy atom. The fourth-order valence-electron chi connectivity index (χ4n) is 3.40. The molecule has 2 heterocycles. The van der Waals surface area contributed by atoms with E-state index in [2.05, 4.69) is 0 Å². The first-order valence-electron chi connectivity index (χ1n) is 5.74. The van der Waals surface area contributed by atoms with Gasteiger partial charge in [-0.05, 0) is 26.7 Å². The molecule has 0 unspecified atom stereocenters. The topological polar surface area (TPSA) is 61.8 Å². The van der Waals surface area contributed by atoms with Crippen LogP contribution in [0.1, 0.15) is 26.7 Å². The monoisotopic (exact) mass is 242 g/mol. The maximum atomic E-state index is 12.0. The molecule has 0 saturated carbocycles. The van der Waals surface area contributed by atoms with E-state index in [9.17, 15) is 9.59 Å². The molecule has 0 radical (unpaired) electrons. The number of carbonyl (C=O) groups excluding carboxylic acids is 2. The maximum Gasteiger partial charge on any atom is 0.315 e. The van der Waals surface area contributed by atoms with Crippen LogP contribution in [0.25, 0.3) is 0 Å². The third-order valence-electron chi connectivity index (χ3n) is 4.26. The molecule has 0 aromatic heterocycles. The van der Waals surface area contributed by atoms with Gasteiger partial charge in [0.25, 0.3) is 0 Å². The van der Waals surface area contributed by atoms with Gasteiger partial charge in [-0.2, -0.15) is 0 Å². The zero-order valence-corrected chi connectivity index (χ0v) is 10.6. The van der Waals surface area contributed by atoms with E-state index in [1.807, 2.05) is 6.92 Å². The van der Waals surface area contributed by atoms with Crippen LogP contribution < -0.4 is 0 Å². The quantitative estimate of drug-likeness (QED) is 0.673. The second-order valence-electron chi connectivity index (χ2n) is 5.19. The summed E-state index contributed by atoms with van der Waals surface area (Å²) in [5, 5.41) is 0. The lowest BCUT2D eigenvalue weighted by Gasteiger charge is -2.37. The fraction of sp³-hybridized carbons (Fsp3) is 0.833. The van der Waals surface area contributed by atoms with Gasteiger partial charge >= 0.3 is 11.9 Å². The summed E-state index contributed by atoms with van der Waals surface area (Å²) >= 11 is 0. The van der Waals surface area contributed by atoms with Crippen LogP contribution in [0.2, 0.25) is 0 Å². The van der Waals surface area contributed by atoms with Gasteiger partial charge < -0.3 is 14.2 Å². The molecule has 2 fully saturated rings. The number of hydrogen-bond donors (Lipinski definition) is 0. The molecular weight excluding hydrogens is 224 g/mol. The minimum Gasteiger partial charge on any atom is -0.469 e. The molecule has 4 atom stereocenters. The zero-order valence-electron chi connectivity index (χ0n) is 10.6. The Labute approximate surface area is 100 Å². The van der Waals surface area contributed by atoms with Crippen LogP contribution in [0.15, 0.2) is 0 Å². The van der Waals surface area contributed by atoms with Gasteiger partial charge in [-0.3, -0.25) is 9.59 Å². The SMILES string of the molecule is COC(=O)[C@H]1[C@@](C)(C(=O)OC)[C@H]2CC[C@@]1(C)O2. The van der Waals surface area contributed by atoms with Crippen LogP contribution in [0.3, 0.4) is 0 Å². The van der Waals surface area contributed by atoms with E-state index in [-0.39, 0.29) is 6.10 Å². The van der Waals surface area contributed by atoms with Crippen molar-refractivity contribution in [1.82, 2.24) is 0 Å². The van der Waals surface area contributed by atoms with E-state index in [1.54, 1.807) is 6.92 Å². The van der Waals surface area contributed by atoms with Crippen molar-refractivity contribution >= 4 is 11.9 Å². The first-order valence-corrected chi connectivity index (χ1v) is 5.74. The molecule has 2 saturated heterocycles. The summed E-state index contributed by atoms with van der Waals surface area (Å²) in [7, 11) is 2.66. The molecule has 2 aliphatic heterocycles. The Morgan fingerprint density at radius 1 is 1.24 bits per heavy atom. The maximum absolute atomic E-state index is 12.0. The normalized spacial score (nSPS) is 43.5. The van der Waals surface area contributed by atoms with Gasteiger partial charge in [-0.15, -0.1) is 0 Å². The van der Waals surface area contributed by atoms with Crippen LogP contribution in [0, 0.1) is 11.3 Å². The summed E-state index contributed by atoms with van der Waals surface area (Å²) in [6, 6.07) is 0. The van der Waals surface area contributed by atoms with Crippen molar-refractivity contribution in [2.75, 3.05) is 14.2 Å². The lowest BCUT2D eigenvalue weighted by molar-refractivity contribution is -0.167. The van der Waals surface area contributed by atoms with Gasteiger partial charge in [0.15, 0.2) is 0 Å². The van der Waals surface area contributed by atoms with Gasteiger partial charge in [0, 0.05) is 0 Å². The Morgan fingerprint density at radius 2 is 1.88 bits per heavy atom. The summed E-state index contributed by atoms with van der Waals surface area (Å²) in [5.41, 5.74) is -1.55. The standard InChI is InChI=1S/C12H18O5/c1-11-6-5-7(17-11)12(2,10(14)16-4)8(11)9(13)15-3/h7-8H,5-6H2,1-4H3/t7-,8-,11-,12+/m1/s1. The fourth-order valence-corrected chi connectivity index (χ4v) is 3.40. The zero-order chi connectivity index (χ0) is 12.8. The van der Waals surface area contributed by atoms with E-state index >= 15 is 0 Å². The minimum atomic E-state index is -0.936. The average Bonchev–Trinajstić information content (AvgIpc) is 2.79. The van der Waals surface area contributed by atoms with E-state index in [0.717, 1.165) is 12.8 Å². The van der Waals surface area contributed by atoms with Gasteiger partial charge in [0.1, 0.15) is 11.3 Å². The van der Waals surface area contributed by atoms with Crippen molar-refractivity contribution in [2.24, 2.45) is 11.3 Å². The highest BCUT2D eigenvalue weighted by atomic mass is 16.6. The van der Waals surface area contributed by atoms with Gasteiger partial charge in [-0.1, -0.05) is 0 Å². The Hall–Kier alpha value is -1.10. The van der Waals surface area contributed by atoms with Crippen molar-refractivity contribution in [1.29, 1.82) is 0 Å². The lowest BCUT2D eigenvalue weighted by Crippen LogP contribution is -2.51. The average molecular weight is 242 g/mol. The van der Waals surface area contributed by atoms with Crippen molar-refractivity contribution in [3.63, 3.8) is 0 Å². The molecular formula is C12H18O5. The molecule has 0 amide bonds. The summed E-state index contributed by atoms with van der Waals surface area (Å²) in [6.45, 7) is 3.60. The molecule has 96 valence electrons. The summed E-state index contributed by atoms with van der Waals surface area (Å²) in [6.07, 6.45) is 1.28. The number of methoxy groups -OCH3 is 2. The van der Waals surface area contributed by atoms with Crippen molar-refractivity contribution < 1.29 is 23.8 Å². The molecule has 2 rings (SSSR count). The van der Waals surface area contributed by atoms with Gasteiger partial charge in [-0.25, -0.2) is 0 Å². The van der Waals surface area contributed by atoms with Crippen molar-refractivity contribution in [3.8, 4) is 0 Å². The molecule has 2 aliphatic rings. The molecule has 0 N–H and O–H groups in total. The van der Waals surface area contributed by atoms with Crippen LogP contribution in [-0.2, 0) is 23.8 Å². The van der Waals surface area contributed by atoms with E-state index in [1.165, 1.54) is 14.2 Å². The second kappa shape index (κ2) is 3.70. The molecule has 5 heteroatoms. The van der Waals surface area contributed by atoms with Crippen LogP contribution in [0.5, 0.6) is 0 Å². The van der Waals surface area contributed by atoms with E-state index < -0.39 is 28.9 Å². The number of rotatable bonds is 2. The van der Waals surface area contributed by atoms with Crippen molar-refractivity contribution in [2.45, 2.75) is 38.4 Å². The molecule has 2 bridgehead atoms. The molecule has 0 spiro atoms. The lowest BCUT2D eigenvalue weighted by atomic mass is 9.63. The number of carbonyl (C=O) groups is 2. The minimum absolute atomic E-state index is 0.260. The van der Waals surface area contributed by atoms with Gasteiger partial charge in [0.2, 0.25) is 0 Å².